The average molecular weight is 525 g/mol. The third-order valence-electron chi connectivity index (χ3n) is 7.54. The number of benzene rings is 5. The second-order valence-corrected chi connectivity index (χ2v) is 13.4. The Morgan fingerprint density at radius 3 is 1.59 bits per heavy atom. The molecule has 1 aliphatic rings. The first kappa shape index (κ1) is 25.0. The molecule has 0 bridgehead atoms. The predicted molar refractivity (Wildman–Crippen MR) is 167 cm³/mol. The molecule has 2 nitrogen and oxygen atoms in total. The maximum atomic E-state index is 13.1. The zero-order valence-electron chi connectivity index (χ0n) is 21.8. The van der Waals surface area contributed by atoms with Crippen molar-refractivity contribution >= 4 is 40.8 Å². The van der Waals surface area contributed by atoms with Crippen LogP contribution in [0.25, 0.3) is 6.08 Å². The number of rotatable bonds is 8. The van der Waals surface area contributed by atoms with E-state index in [0.29, 0.717) is 6.42 Å². The molecule has 1 atom stereocenters. The number of hydrogen-bond acceptors (Lipinski definition) is 1. The summed E-state index contributed by atoms with van der Waals surface area (Å²) in [6, 6.07) is 51.6. The van der Waals surface area contributed by atoms with E-state index in [-0.39, 0.29) is 11.9 Å². The van der Waals surface area contributed by atoms with Crippen LogP contribution in [0.3, 0.4) is 0 Å². The lowest BCUT2D eigenvalue weighted by molar-refractivity contribution is -0.123. The molecule has 1 heterocycles. The van der Waals surface area contributed by atoms with Crippen LogP contribution in [-0.2, 0) is 11.0 Å². The van der Waals surface area contributed by atoms with E-state index in [2.05, 4.69) is 140 Å². The van der Waals surface area contributed by atoms with Gasteiger partial charge in [-0.2, -0.15) is 0 Å². The monoisotopic (exact) mass is 524 g/mol. The molecule has 1 saturated heterocycles. The van der Waals surface area contributed by atoms with E-state index in [1.807, 2.05) is 23.1 Å². The van der Waals surface area contributed by atoms with Crippen LogP contribution in [0, 0.1) is 0 Å². The molecule has 5 aromatic rings. The van der Waals surface area contributed by atoms with Crippen molar-refractivity contribution in [2.75, 3.05) is 4.90 Å². The van der Waals surface area contributed by atoms with E-state index in [1.165, 1.54) is 21.5 Å². The molecule has 1 amide bonds. The Morgan fingerprint density at radius 2 is 1.08 bits per heavy atom. The Bertz CT molecular complexity index is 1470. The highest BCUT2D eigenvalue weighted by Crippen LogP contribution is 2.59. The highest BCUT2D eigenvalue weighted by molar-refractivity contribution is 7.95. The maximum absolute atomic E-state index is 13.1. The smallest absolute Gasteiger partial charge is 0.229 e. The summed E-state index contributed by atoms with van der Waals surface area (Å²) in [5.41, 5.74) is 3.37. The Kier molecular flexibility index (Phi) is 7.21. The summed E-state index contributed by atoms with van der Waals surface area (Å²) in [7, 11) is -2.09. The van der Waals surface area contributed by atoms with Gasteiger partial charge in [-0.15, -0.1) is 0 Å². The van der Waals surface area contributed by atoms with Gasteiger partial charge in [-0.3, -0.25) is 4.79 Å². The van der Waals surface area contributed by atoms with Gasteiger partial charge in [0.05, 0.1) is 18.2 Å². The second-order valence-electron chi connectivity index (χ2n) is 9.91. The highest BCUT2D eigenvalue weighted by Gasteiger charge is 2.47. The predicted octanol–water partition coefficient (Wildman–Crippen LogP) is 7.00. The van der Waals surface area contributed by atoms with Gasteiger partial charge in [-0.05, 0) is 48.0 Å². The highest BCUT2D eigenvalue weighted by atomic mass is 31.2. The summed E-state index contributed by atoms with van der Waals surface area (Å²) in [4.78, 5) is 15.1. The molecule has 39 heavy (non-hydrogen) atoms. The van der Waals surface area contributed by atoms with Crippen LogP contribution in [0.1, 0.15) is 17.5 Å². The summed E-state index contributed by atoms with van der Waals surface area (Å²) >= 11 is 0. The summed E-state index contributed by atoms with van der Waals surface area (Å²) in [6.45, 7) is 0. The quantitative estimate of drug-likeness (QED) is 0.158. The molecule has 5 aromatic carbocycles. The summed E-state index contributed by atoms with van der Waals surface area (Å²) in [6.07, 6.45) is 5.66. The molecule has 1 fully saturated rings. The third-order valence-corrected chi connectivity index (χ3v) is 11.9. The number of anilines is 1. The van der Waals surface area contributed by atoms with E-state index in [0.717, 1.165) is 17.4 Å². The minimum absolute atomic E-state index is 0.0526. The number of amides is 1. The molecule has 190 valence electrons. The van der Waals surface area contributed by atoms with Crippen molar-refractivity contribution in [2.45, 2.75) is 18.6 Å². The molecule has 0 spiro atoms. The maximum Gasteiger partial charge on any atom is 0.229 e. The summed E-state index contributed by atoms with van der Waals surface area (Å²) in [5, 5.41) is 4.02. The van der Waals surface area contributed by atoms with Crippen LogP contribution in [0.4, 0.5) is 5.69 Å². The fourth-order valence-electron chi connectivity index (χ4n) is 5.60. The lowest BCUT2D eigenvalue weighted by atomic mass is 9.97. The molecular formula is C36H31NOP+. The van der Waals surface area contributed by atoms with Gasteiger partial charge in [0.2, 0.25) is 5.91 Å². The molecule has 0 aromatic heterocycles. The molecule has 1 unspecified atom stereocenters. The second kappa shape index (κ2) is 11.2. The van der Waals surface area contributed by atoms with Crippen molar-refractivity contribution in [2.24, 2.45) is 0 Å². The van der Waals surface area contributed by atoms with Crippen molar-refractivity contribution < 1.29 is 4.79 Å². The molecule has 0 aliphatic carbocycles. The first-order valence-electron chi connectivity index (χ1n) is 13.4. The topological polar surface area (TPSA) is 20.3 Å². The number of para-hydroxylation sites is 1. The first-order chi connectivity index (χ1) is 19.3. The van der Waals surface area contributed by atoms with Crippen molar-refractivity contribution in [3.8, 4) is 0 Å². The fourth-order valence-corrected chi connectivity index (χ4v) is 9.86. The number of carbonyl (C=O) groups excluding carboxylic acids is 1. The molecule has 0 radical (unpaired) electrons. The standard InChI is InChI=1S/C36H31NOP/c38-36-27-31(26-25-29-15-5-1-6-16-29)37(36)35-24-14-13-17-30(35)28-39(32-18-7-2-8-19-32,33-20-9-3-10-21-33)34-22-11-4-12-23-34/h1-26,31H,27-28H2/q+1/b26-25+. The van der Waals surface area contributed by atoms with Gasteiger partial charge >= 0.3 is 0 Å². The summed E-state index contributed by atoms with van der Waals surface area (Å²) < 4.78 is 0. The zero-order valence-corrected chi connectivity index (χ0v) is 22.7. The van der Waals surface area contributed by atoms with Gasteiger partial charge in [-0.1, -0.05) is 115 Å². The van der Waals surface area contributed by atoms with Crippen molar-refractivity contribution in [3.63, 3.8) is 0 Å². The zero-order chi connectivity index (χ0) is 26.5. The van der Waals surface area contributed by atoms with Crippen LogP contribution in [-0.4, -0.2) is 11.9 Å². The minimum Gasteiger partial charge on any atom is -0.305 e. The number of hydrogen-bond donors (Lipinski definition) is 0. The van der Waals surface area contributed by atoms with Gasteiger partial charge in [0, 0.05) is 5.56 Å². The van der Waals surface area contributed by atoms with Gasteiger partial charge in [0.1, 0.15) is 29.3 Å². The normalized spacial score (nSPS) is 15.3. The van der Waals surface area contributed by atoms with Crippen LogP contribution in [0.15, 0.2) is 152 Å². The molecule has 6 rings (SSSR count). The van der Waals surface area contributed by atoms with Gasteiger partial charge < -0.3 is 4.90 Å². The summed E-state index contributed by atoms with van der Waals surface area (Å²) in [5.74, 6) is 0.174. The lowest BCUT2D eigenvalue weighted by Gasteiger charge is -2.40. The lowest BCUT2D eigenvalue weighted by Crippen LogP contribution is -2.52. The Labute approximate surface area is 231 Å². The van der Waals surface area contributed by atoms with Gasteiger partial charge in [0.15, 0.2) is 0 Å². The van der Waals surface area contributed by atoms with E-state index in [9.17, 15) is 4.79 Å². The van der Waals surface area contributed by atoms with E-state index in [1.54, 1.807) is 0 Å². The van der Waals surface area contributed by atoms with E-state index >= 15 is 0 Å². The van der Waals surface area contributed by atoms with E-state index < -0.39 is 7.26 Å². The van der Waals surface area contributed by atoms with Gasteiger partial charge in [-0.25, -0.2) is 0 Å². The van der Waals surface area contributed by atoms with Gasteiger partial charge in [0.25, 0.3) is 0 Å². The van der Waals surface area contributed by atoms with Crippen LogP contribution < -0.4 is 20.8 Å². The third kappa shape index (κ3) is 4.97. The number of carbonyl (C=O) groups is 1. The number of β-lactam (4-membered cyclic amide) rings is 1. The van der Waals surface area contributed by atoms with Crippen molar-refractivity contribution in [1.29, 1.82) is 0 Å². The fraction of sp³-hybridized carbons (Fsp3) is 0.0833. The molecular weight excluding hydrogens is 493 g/mol. The molecule has 3 heteroatoms. The molecule has 1 aliphatic heterocycles. The number of nitrogens with zero attached hydrogens (tertiary/aromatic N) is 1. The molecule has 0 saturated carbocycles. The molecule has 0 N–H and O–H groups in total. The Balaban J connectivity index is 1.46. The van der Waals surface area contributed by atoms with E-state index in [4.69, 9.17) is 0 Å². The van der Waals surface area contributed by atoms with Crippen LogP contribution in [0.2, 0.25) is 0 Å². The Morgan fingerprint density at radius 1 is 0.615 bits per heavy atom. The SMILES string of the molecule is O=C1CC(/C=C/c2ccccc2)N1c1ccccc1C[P+](c1ccccc1)(c1ccccc1)c1ccccc1. The first-order valence-corrected chi connectivity index (χ1v) is 15.4. The van der Waals surface area contributed by atoms with Crippen LogP contribution >= 0.6 is 7.26 Å². The van der Waals surface area contributed by atoms with Crippen molar-refractivity contribution in [3.05, 3.63) is 163 Å². The largest absolute Gasteiger partial charge is 0.305 e. The van der Waals surface area contributed by atoms with Crippen LogP contribution in [0.5, 0.6) is 0 Å². The van der Waals surface area contributed by atoms with Crippen molar-refractivity contribution in [1.82, 2.24) is 0 Å². The minimum atomic E-state index is -2.09. The Hall–Kier alpha value is -4.26. The average Bonchev–Trinajstić information content (AvgIpc) is 3.00.